The standard InChI is InChI=1S/C19H25N5O2/c1-15-9-20-19(21-10-15)26-14-18-5-7-24-17(4-6-22-24)12-23(18)11-16-3-2-8-25-13-16/h3-4,6,9-10,18H,2,5,7-8,11-14H2,1H3/t18-/m1/s1. The summed E-state index contributed by atoms with van der Waals surface area (Å²) in [6.07, 6.45) is 9.74. The van der Waals surface area contributed by atoms with Crippen molar-refractivity contribution in [3.8, 4) is 6.01 Å². The highest BCUT2D eigenvalue weighted by Crippen LogP contribution is 2.20. The Kier molecular flexibility index (Phi) is 5.26. The van der Waals surface area contributed by atoms with Crippen LogP contribution in [-0.4, -0.2) is 57.1 Å². The van der Waals surface area contributed by atoms with Gasteiger partial charge in [-0.1, -0.05) is 6.08 Å². The Morgan fingerprint density at radius 2 is 2.19 bits per heavy atom. The summed E-state index contributed by atoms with van der Waals surface area (Å²) in [7, 11) is 0. The Labute approximate surface area is 153 Å². The van der Waals surface area contributed by atoms with E-state index < -0.39 is 0 Å². The van der Waals surface area contributed by atoms with Gasteiger partial charge in [0.2, 0.25) is 0 Å². The van der Waals surface area contributed by atoms with E-state index >= 15 is 0 Å². The predicted octanol–water partition coefficient (Wildman–Crippen LogP) is 1.98. The monoisotopic (exact) mass is 355 g/mol. The fourth-order valence-electron chi connectivity index (χ4n) is 3.47. The third kappa shape index (κ3) is 4.11. The maximum atomic E-state index is 5.91. The van der Waals surface area contributed by atoms with Crippen molar-refractivity contribution in [3.05, 3.63) is 47.6 Å². The number of hydrogen-bond donors (Lipinski definition) is 0. The molecule has 0 saturated heterocycles. The van der Waals surface area contributed by atoms with Gasteiger partial charge in [0.15, 0.2) is 0 Å². The van der Waals surface area contributed by atoms with Gasteiger partial charge in [-0.2, -0.15) is 5.10 Å². The molecule has 138 valence electrons. The average Bonchev–Trinajstić information content (AvgIpc) is 3.04. The molecule has 0 aromatic carbocycles. The van der Waals surface area contributed by atoms with E-state index in [0.29, 0.717) is 12.6 Å². The van der Waals surface area contributed by atoms with Crippen LogP contribution in [0.2, 0.25) is 0 Å². The van der Waals surface area contributed by atoms with Gasteiger partial charge < -0.3 is 9.47 Å². The van der Waals surface area contributed by atoms with E-state index in [4.69, 9.17) is 9.47 Å². The summed E-state index contributed by atoms with van der Waals surface area (Å²) in [4.78, 5) is 11.0. The van der Waals surface area contributed by atoms with Crippen molar-refractivity contribution in [2.24, 2.45) is 0 Å². The smallest absolute Gasteiger partial charge is 0.316 e. The van der Waals surface area contributed by atoms with Crippen molar-refractivity contribution >= 4 is 0 Å². The lowest BCUT2D eigenvalue weighted by atomic mass is 10.1. The molecule has 0 fully saturated rings. The zero-order chi connectivity index (χ0) is 17.8. The second-order valence-corrected chi connectivity index (χ2v) is 6.95. The SMILES string of the molecule is Cc1cnc(OC[C@H]2CCn3nccc3CN2CC2=CCCOC2)nc1. The zero-order valence-electron chi connectivity index (χ0n) is 15.2. The number of fused-ring (bicyclic) bond motifs is 1. The molecule has 0 aliphatic carbocycles. The van der Waals surface area contributed by atoms with Crippen LogP contribution < -0.4 is 4.74 Å². The Morgan fingerprint density at radius 1 is 1.31 bits per heavy atom. The molecule has 0 radical (unpaired) electrons. The summed E-state index contributed by atoms with van der Waals surface area (Å²) in [6, 6.07) is 2.83. The molecule has 4 heterocycles. The quantitative estimate of drug-likeness (QED) is 0.764. The van der Waals surface area contributed by atoms with Gasteiger partial charge in [0.05, 0.1) is 18.9 Å². The second-order valence-electron chi connectivity index (χ2n) is 6.95. The van der Waals surface area contributed by atoms with Crippen molar-refractivity contribution in [1.82, 2.24) is 24.6 Å². The maximum Gasteiger partial charge on any atom is 0.316 e. The van der Waals surface area contributed by atoms with E-state index in [2.05, 4.69) is 36.8 Å². The third-order valence-corrected chi connectivity index (χ3v) is 4.91. The minimum Gasteiger partial charge on any atom is -0.462 e. The Bertz CT molecular complexity index is 756. The fourth-order valence-corrected chi connectivity index (χ4v) is 3.47. The Balaban J connectivity index is 1.47. The molecule has 7 heteroatoms. The van der Waals surface area contributed by atoms with E-state index in [9.17, 15) is 0 Å². The van der Waals surface area contributed by atoms with Gasteiger partial charge in [-0.25, -0.2) is 9.97 Å². The fraction of sp³-hybridized carbons (Fsp3) is 0.526. The van der Waals surface area contributed by atoms with Gasteiger partial charge in [-0.15, -0.1) is 0 Å². The first-order valence-corrected chi connectivity index (χ1v) is 9.20. The van der Waals surface area contributed by atoms with Gasteiger partial charge in [0.1, 0.15) is 6.61 Å². The summed E-state index contributed by atoms with van der Waals surface area (Å²) >= 11 is 0. The molecule has 1 atom stereocenters. The average molecular weight is 355 g/mol. The number of hydrogen-bond acceptors (Lipinski definition) is 6. The molecular formula is C19H25N5O2. The molecule has 0 bridgehead atoms. The third-order valence-electron chi connectivity index (χ3n) is 4.91. The normalized spacial score (nSPS) is 21.0. The first kappa shape index (κ1) is 17.2. The molecule has 2 aliphatic rings. The van der Waals surface area contributed by atoms with Crippen LogP contribution in [-0.2, 0) is 17.8 Å². The van der Waals surface area contributed by atoms with Crippen molar-refractivity contribution in [1.29, 1.82) is 0 Å². The lowest BCUT2D eigenvalue weighted by molar-refractivity contribution is 0.110. The Morgan fingerprint density at radius 3 is 3.00 bits per heavy atom. The zero-order valence-corrected chi connectivity index (χ0v) is 15.2. The van der Waals surface area contributed by atoms with Crippen molar-refractivity contribution in [3.63, 3.8) is 0 Å². The van der Waals surface area contributed by atoms with Crippen LogP contribution in [0.5, 0.6) is 6.01 Å². The van der Waals surface area contributed by atoms with Gasteiger partial charge in [0.25, 0.3) is 0 Å². The van der Waals surface area contributed by atoms with Crippen LogP contribution in [0.4, 0.5) is 0 Å². The maximum absolute atomic E-state index is 5.91. The van der Waals surface area contributed by atoms with Crippen LogP contribution in [0, 0.1) is 6.92 Å². The van der Waals surface area contributed by atoms with Gasteiger partial charge >= 0.3 is 6.01 Å². The first-order chi connectivity index (χ1) is 12.8. The molecule has 0 saturated carbocycles. The molecule has 4 rings (SSSR count). The number of nitrogens with zero attached hydrogens (tertiary/aromatic N) is 5. The van der Waals surface area contributed by atoms with Crippen LogP contribution in [0.1, 0.15) is 24.1 Å². The predicted molar refractivity (Wildman–Crippen MR) is 96.8 cm³/mol. The van der Waals surface area contributed by atoms with Crippen molar-refractivity contribution in [2.75, 3.05) is 26.4 Å². The van der Waals surface area contributed by atoms with Crippen molar-refractivity contribution < 1.29 is 9.47 Å². The molecular weight excluding hydrogens is 330 g/mol. The summed E-state index contributed by atoms with van der Waals surface area (Å²) < 4.78 is 13.6. The first-order valence-electron chi connectivity index (χ1n) is 9.20. The summed E-state index contributed by atoms with van der Waals surface area (Å²) in [6.45, 7) is 6.75. The molecule has 0 N–H and O–H groups in total. The minimum absolute atomic E-state index is 0.282. The Hall–Kier alpha value is -2.25. The molecule has 0 amide bonds. The highest BCUT2D eigenvalue weighted by molar-refractivity contribution is 5.10. The molecule has 0 spiro atoms. The lowest BCUT2D eigenvalue weighted by Crippen LogP contribution is -2.40. The summed E-state index contributed by atoms with van der Waals surface area (Å²) in [5, 5.41) is 4.45. The largest absolute Gasteiger partial charge is 0.462 e. The molecule has 2 aromatic rings. The van der Waals surface area contributed by atoms with Crippen LogP contribution in [0.25, 0.3) is 0 Å². The van der Waals surface area contributed by atoms with E-state index in [1.54, 1.807) is 12.4 Å². The van der Waals surface area contributed by atoms with E-state index in [-0.39, 0.29) is 6.04 Å². The molecule has 0 unspecified atom stereocenters. The van der Waals surface area contributed by atoms with Gasteiger partial charge in [0, 0.05) is 44.3 Å². The van der Waals surface area contributed by atoms with E-state index in [1.807, 2.05) is 13.1 Å². The molecule has 26 heavy (non-hydrogen) atoms. The molecule has 2 aliphatic heterocycles. The highest BCUT2D eigenvalue weighted by Gasteiger charge is 2.26. The molecule has 7 nitrogen and oxygen atoms in total. The van der Waals surface area contributed by atoms with Crippen molar-refractivity contribution in [2.45, 2.75) is 38.9 Å². The van der Waals surface area contributed by atoms with Gasteiger partial charge in [-0.3, -0.25) is 9.58 Å². The summed E-state index contributed by atoms with van der Waals surface area (Å²) in [5.74, 6) is 0. The second kappa shape index (κ2) is 7.97. The van der Waals surface area contributed by atoms with E-state index in [1.165, 1.54) is 11.3 Å². The van der Waals surface area contributed by atoms with Crippen LogP contribution in [0.15, 0.2) is 36.3 Å². The lowest BCUT2D eigenvalue weighted by Gasteiger charge is -2.30. The minimum atomic E-state index is 0.282. The number of aromatic nitrogens is 4. The number of rotatable bonds is 5. The van der Waals surface area contributed by atoms with Crippen LogP contribution in [0.3, 0.4) is 0 Å². The van der Waals surface area contributed by atoms with Gasteiger partial charge in [-0.05, 0) is 37.0 Å². The topological polar surface area (TPSA) is 65.3 Å². The number of aryl methyl sites for hydroxylation is 2. The number of ether oxygens (including phenoxy) is 2. The summed E-state index contributed by atoms with van der Waals surface area (Å²) in [5.41, 5.74) is 3.63. The highest BCUT2D eigenvalue weighted by atomic mass is 16.5. The van der Waals surface area contributed by atoms with Crippen LogP contribution >= 0.6 is 0 Å². The molecule has 2 aromatic heterocycles. The van der Waals surface area contributed by atoms with E-state index in [0.717, 1.165) is 51.3 Å².